The van der Waals surface area contributed by atoms with Gasteiger partial charge in [-0.15, -0.1) is 10.2 Å². The number of sulfonamides is 1. The fourth-order valence-corrected chi connectivity index (χ4v) is 4.56. The van der Waals surface area contributed by atoms with E-state index in [9.17, 15) is 13.2 Å². The van der Waals surface area contributed by atoms with Crippen molar-refractivity contribution in [3.8, 4) is 11.5 Å². The Kier molecular flexibility index (Phi) is 6.68. The lowest BCUT2D eigenvalue weighted by atomic mass is 10.1. The van der Waals surface area contributed by atoms with E-state index in [2.05, 4.69) is 10.2 Å². The average molecular weight is 491 g/mol. The van der Waals surface area contributed by atoms with Crippen molar-refractivity contribution >= 4 is 33.3 Å². The van der Waals surface area contributed by atoms with Crippen molar-refractivity contribution in [2.45, 2.75) is 24.3 Å². The zero-order valence-electron chi connectivity index (χ0n) is 18.2. The molecular weight excluding hydrogens is 468 g/mol. The number of aromatic nitrogens is 2. The minimum Gasteiger partial charge on any atom is -0.452 e. The first-order valence-corrected chi connectivity index (χ1v) is 12.1. The van der Waals surface area contributed by atoms with Crippen LogP contribution in [0.4, 0.5) is 5.69 Å². The Balaban J connectivity index is 1.56. The summed E-state index contributed by atoms with van der Waals surface area (Å²) in [4.78, 5) is 15.1. The Morgan fingerprint density at radius 2 is 1.82 bits per heavy atom. The van der Waals surface area contributed by atoms with E-state index in [1.54, 1.807) is 30.3 Å². The third-order valence-corrected chi connectivity index (χ3v) is 7.36. The van der Waals surface area contributed by atoms with Gasteiger partial charge in [-0.05, 0) is 55.3 Å². The van der Waals surface area contributed by atoms with Gasteiger partial charge >= 0.3 is 5.97 Å². The number of halogens is 1. The molecule has 4 rings (SSSR count). The molecule has 0 atom stereocenters. The Morgan fingerprint density at radius 1 is 1.12 bits per heavy atom. The minimum atomic E-state index is -3.71. The first-order chi connectivity index (χ1) is 15.8. The first kappa shape index (κ1) is 23.2. The Labute approximate surface area is 197 Å². The second-order valence-electron chi connectivity index (χ2n) is 7.74. The van der Waals surface area contributed by atoms with E-state index < -0.39 is 16.0 Å². The fourth-order valence-electron chi connectivity index (χ4n) is 3.51. The molecule has 0 bridgehead atoms. The van der Waals surface area contributed by atoms with Crippen LogP contribution >= 0.6 is 11.6 Å². The highest BCUT2D eigenvalue weighted by atomic mass is 35.5. The zero-order valence-corrected chi connectivity index (χ0v) is 19.8. The van der Waals surface area contributed by atoms with Crippen LogP contribution in [0.3, 0.4) is 0 Å². The summed E-state index contributed by atoms with van der Waals surface area (Å²) in [5.74, 6) is -0.276. The Hall–Kier alpha value is -2.95. The maximum Gasteiger partial charge on any atom is 0.340 e. The van der Waals surface area contributed by atoms with Gasteiger partial charge < -0.3 is 14.1 Å². The van der Waals surface area contributed by atoms with E-state index in [1.807, 2.05) is 4.90 Å². The topological polar surface area (TPSA) is 106 Å². The van der Waals surface area contributed by atoms with Crippen LogP contribution in [-0.2, 0) is 21.4 Å². The number of anilines is 1. The second-order valence-corrected chi connectivity index (χ2v) is 10.3. The van der Waals surface area contributed by atoms with Crippen molar-refractivity contribution in [2.24, 2.45) is 0 Å². The van der Waals surface area contributed by atoms with Crippen LogP contribution in [0.2, 0.25) is 5.02 Å². The van der Waals surface area contributed by atoms with Crippen molar-refractivity contribution in [1.82, 2.24) is 14.5 Å². The molecule has 0 amide bonds. The highest BCUT2D eigenvalue weighted by Crippen LogP contribution is 2.29. The van der Waals surface area contributed by atoms with Gasteiger partial charge in [-0.1, -0.05) is 11.6 Å². The number of hydrogen-bond acceptors (Lipinski definition) is 8. The van der Waals surface area contributed by atoms with E-state index in [-0.39, 0.29) is 28.8 Å². The number of esters is 1. The molecule has 11 heteroatoms. The molecular formula is C22H23ClN4O5S. The predicted molar refractivity (Wildman–Crippen MR) is 123 cm³/mol. The van der Waals surface area contributed by atoms with Crippen molar-refractivity contribution in [2.75, 3.05) is 32.1 Å². The van der Waals surface area contributed by atoms with E-state index in [0.717, 1.165) is 30.2 Å². The molecule has 174 valence electrons. The van der Waals surface area contributed by atoms with Gasteiger partial charge in [0.15, 0.2) is 6.61 Å². The van der Waals surface area contributed by atoms with Crippen LogP contribution in [0.5, 0.6) is 0 Å². The molecule has 0 spiro atoms. The summed E-state index contributed by atoms with van der Waals surface area (Å²) in [6.07, 6.45) is 2.00. The first-order valence-electron chi connectivity index (χ1n) is 10.3. The SMILES string of the molecule is CN(C)S(=O)(=O)c1ccc(N2CCCC2)c(C(=O)OCc2nnc(-c3ccc(Cl)cc3)o2)c1. The van der Waals surface area contributed by atoms with Crippen molar-refractivity contribution < 1.29 is 22.4 Å². The highest BCUT2D eigenvalue weighted by molar-refractivity contribution is 7.89. The maximum absolute atomic E-state index is 13.0. The largest absolute Gasteiger partial charge is 0.452 e. The van der Waals surface area contributed by atoms with Crippen LogP contribution in [0, 0.1) is 0 Å². The third kappa shape index (κ3) is 5.02. The molecule has 0 N–H and O–H groups in total. The summed E-state index contributed by atoms with van der Waals surface area (Å²) in [7, 11) is -0.834. The van der Waals surface area contributed by atoms with Gasteiger partial charge in [0.05, 0.1) is 16.1 Å². The summed E-state index contributed by atoms with van der Waals surface area (Å²) >= 11 is 5.90. The van der Waals surface area contributed by atoms with Gasteiger partial charge in [-0.25, -0.2) is 17.5 Å². The normalized spacial score (nSPS) is 14.1. The molecule has 0 radical (unpaired) electrons. The monoisotopic (exact) mass is 490 g/mol. The van der Waals surface area contributed by atoms with Crippen LogP contribution in [0.15, 0.2) is 51.8 Å². The number of nitrogens with zero attached hydrogens (tertiary/aromatic N) is 4. The standard InChI is InChI=1S/C22H23ClN4O5S/c1-26(2)33(29,30)17-9-10-19(27-11-3-4-12-27)18(13-17)22(28)31-14-20-24-25-21(32-20)15-5-7-16(23)8-6-15/h5-10,13H,3-4,11-12,14H2,1-2H3. The molecule has 1 aromatic heterocycles. The fraction of sp³-hybridized carbons (Fsp3) is 0.318. The van der Waals surface area contributed by atoms with Gasteiger partial charge in [-0.3, -0.25) is 0 Å². The highest BCUT2D eigenvalue weighted by Gasteiger charge is 2.25. The second kappa shape index (κ2) is 9.50. The van der Waals surface area contributed by atoms with E-state index >= 15 is 0 Å². The van der Waals surface area contributed by atoms with Gasteiger partial charge in [-0.2, -0.15) is 0 Å². The smallest absolute Gasteiger partial charge is 0.340 e. The van der Waals surface area contributed by atoms with Crippen LogP contribution in [0.1, 0.15) is 29.1 Å². The molecule has 1 aliphatic heterocycles. The number of ether oxygens (including phenoxy) is 1. The lowest BCUT2D eigenvalue weighted by Gasteiger charge is -2.22. The van der Waals surface area contributed by atoms with Crippen LogP contribution in [0.25, 0.3) is 11.5 Å². The molecule has 9 nitrogen and oxygen atoms in total. The van der Waals surface area contributed by atoms with Crippen LogP contribution in [-0.4, -0.2) is 56.1 Å². The van der Waals surface area contributed by atoms with Gasteiger partial charge in [0.25, 0.3) is 5.89 Å². The number of benzene rings is 2. The summed E-state index contributed by atoms with van der Waals surface area (Å²) in [5.41, 5.74) is 1.50. The van der Waals surface area contributed by atoms with Gasteiger partial charge in [0, 0.05) is 37.8 Å². The molecule has 3 aromatic rings. The molecule has 1 saturated heterocycles. The van der Waals surface area contributed by atoms with E-state index in [0.29, 0.717) is 16.3 Å². The summed E-state index contributed by atoms with van der Waals surface area (Å²) in [6.45, 7) is 1.33. The lowest BCUT2D eigenvalue weighted by Crippen LogP contribution is -2.24. The third-order valence-electron chi connectivity index (χ3n) is 5.30. The molecule has 1 aliphatic rings. The zero-order chi connectivity index (χ0) is 23.6. The molecule has 0 unspecified atom stereocenters. The quantitative estimate of drug-likeness (QED) is 0.462. The van der Waals surface area contributed by atoms with Gasteiger partial charge in [0.2, 0.25) is 15.9 Å². The number of carbonyl (C=O) groups is 1. The minimum absolute atomic E-state index is 0.0187. The molecule has 33 heavy (non-hydrogen) atoms. The van der Waals surface area contributed by atoms with E-state index in [4.69, 9.17) is 20.8 Å². The van der Waals surface area contributed by atoms with Crippen molar-refractivity contribution in [3.05, 3.63) is 58.9 Å². The van der Waals surface area contributed by atoms with Gasteiger partial charge in [0.1, 0.15) is 0 Å². The molecule has 2 heterocycles. The van der Waals surface area contributed by atoms with E-state index in [1.165, 1.54) is 26.2 Å². The Bertz CT molecular complexity index is 1250. The lowest BCUT2D eigenvalue weighted by molar-refractivity contribution is 0.0439. The number of rotatable bonds is 7. The summed E-state index contributed by atoms with van der Waals surface area (Å²) < 4.78 is 37.3. The molecule has 0 aliphatic carbocycles. The number of hydrogen-bond donors (Lipinski definition) is 0. The predicted octanol–water partition coefficient (Wildman–Crippen LogP) is 3.60. The number of carbonyl (C=O) groups excluding carboxylic acids is 1. The molecule has 1 fully saturated rings. The summed E-state index contributed by atoms with van der Waals surface area (Å²) in [6, 6.07) is 11.4. The Morgan fingerprint density at radius 3 is 2.48 bits per heavy atom. The maximum atomic E-state index is 13.0. The molecule has 2 aromatic carbocycles. The van der Waals surface area contributed by atoms with Crippen molar-refractivity contribution in [3.63, 3.8) is 0 Å². The molecule has 0 saturated carbocycles. The van der Waals surface area contributed by atoms with Crippen molar-refractivity contribution in [1.29, 1.82) is 0 Å². The summed E-state index contributed by atoms with van der Waals surface area (Å²) in [5, 5.41) is 8.47. The van der Waals surface area contributed by atoms with Crippen LogP contribution < -0.4 is 4.90 Å². The average Bonchev–Trinajstić information content (AvgIpc) is 3.50.